The molecule has 1 heterocycles. The molecule has 1 saturated heterocycles. The van der Waals surface area contributed by atoms with Gasteiger partial charge in [-0.2, -0.15) is 13.2 Å². The Labute approximate surface area is 145 Å². The van der Waals surface area contributed by atoms with Gasteiger partial charge in [-0.05, 0) is 30.9 Å². The smallest absolute Gasteiger partial charge is 0.353 e. The van der Waals surface area contributed by atoms with Gasteiger partial charge in [0.2, 0.25) is 5.91 Å². The molecule has 1 aliphatic heterocycles. The first-order valence-corrected chi connectivity index (χ1v) is 8.43. The monoisotopic (exact) mass is 356 g/mol. The summed E-state index contributed by atoms with van der Waals surface area (Å²) in [5, 5.41) is 2.93. The van der Waals surface area contributed by atoms with Crippen LogP contribution in [-0.2, 0) is 11.0 Å². The van der Waals surface area contributed by atoms with E-state index < -0.39 is 17.6 Å². The number of halogens is 3. The van der Waals surface area contributed by atoms with Crippen molar-refractivity contribution in [2.24, 2.45) is 5.92 Å². The van der Waals surface area contributed by atoms with Gasteiger partial charge in [0, 0.05) is 25.6 Å². The second-order valence-corrected chi connectivity index (χ2v) is 6.78. The maximum atomic E-state index is 13.1. The third kappa shape index (κ3) is 5.21. The lowest BCUT2D eigenvalue weighted by molar-refractivity contribution is -0.138. The van der Waals surface area contributed by atoms with Gasteiger partial charge >= 0.3 is 6.18 Å². The Balaban J connectivity index is 1.97. The van der Waals surface area contributed by atoms with Crippen LogP contribution in [0.4, 0.5) is 13.2 Å². The normalized spacial score (nSPS) is 16.2. The van der Waals surface area contributed by atoms with Crippen LogP contribution >= 0.6 is 0 Å². The summed E-state index contributed by atoms with van der Waals surface area (Å²) in [6.07, 6.45) is -3.03. The number of piperidine rings is 1. The van der Waals surface area contributed by atoms with Crippen LogP contribution in [0, 0.1) is 5.92 Å². The number of carbonyl (C=O) groups is 2. The first-order chi connectivity index (χ1) is 11.7. The topological polar surface area (TPSA) is 49.4 Å². The van der Waals surface area contributed by atoms with E-state index in [0.29, 0.717) is 32.4 Å². The van der Waals surface area contributed by atoms with Crippen molar-refractivity contribution >= 4 is 11.8 Å². The zero-order chi connectivity index (χ0) is 18.6. The van der Waals surface area contributed by atoms with Gasteiger partial charge in [-0.1, -0.05) is 26.0 Å². The molecule has 0 saturated carbocycles. The van der Waals surface area contributed by atoms with Crippen molar-refractivity contribution in [3.05, 3.63) is 35.4 Å². The minimum absolute atomic E-state index is 0.0257. The second kappa shape index (κ2) is 7.89. The molecule has 0 radical (unpaired) electrons. The molecule has 1 aliphatic rings. The summed E-state index contributed by atoms with van der Waals surface area (Å²) in [7, 11) is 0. The molecule has 25 heavy (non-hydrogen) atoms. The van der Waals surface area contributed by atoms with Crippen molar-refractivity contribution in [1.29, 1.82) is 0 Å². The van der Waals surface area contributed by atoms with Gasteiger partial charge in [0.25, 0.3) is 5.91 Å². The lowest BCUT2D eigenvalue weighted by Gasteiger charge is -2.33. The minimum atomic E-state index is -4.56. The number of amides is 2. The van der Waals surface area contributed by atoms with Gasteiger partial charge in [0.05, 0.1) is 11.1 Å². The summed E-state index contributed by atoms with van der Waals surface area (Å²) < 4.78 is 39.2. The van der Waals surface area contributed by atoms with Gasteiger partial charge in [0.15, 0.2) is 0 Å². The van der Waals surface area contributed by atoms with Crippen molar-refractivity contribution in [3.63, 3.8) is 0 Å². The maximum Gasteiger partial charge on any atom is 0.417 e. The molecule has 0 bridgehead atoms. The molecule has 2 amide bonds. The molecule has 7 heteroatoms. The van der Waals surface area contributed by atoms with E-state index in [4.69, 9.17) is 0 Å². The lowest BCUT2D eigenvalue weighted by atomic mass is 10.0. The number of benzene rings is 1. The number of alkyl halides is 3. The van der Waals surface area contributed by atoms with Crippen LogP contribution in [-0.4, -0.2) is 35.8 Å². The second-order valence-electron chi connectivity index (χ2n) is 6.78. The fraction of sp³-hybridized carbons (Fsp3) is 0.556. The Kier molecular flexibility index (Phi) is 6.08. The quantitative estimate of drug-likeness (QED) is 0.898. The van der Waals surface area contributed by atoms with Crippen molar-refractivity contribution < 1.29 is 22.8 Å². The van der Waals surface area contributed by atoms with Gasteiger partial charge in [-0.3, -0.25) is 9.59 Å². The van der Waals surface area contributed by atoms with Gasteiger partial charge in [-0.15, -0.1) is 0 Å². The number of nitrogens with one attached hydrogen (secondary N) is 1. The van der Waals surface area contributed by atoms with Gasteiger partial charge < -0.3 is 10.2 Å². The standard InChI is InChI=1S/C18H23F3N2O2/c1-12(2)11-16(24)22-13-7-9-23(10-8-13)17(25)14-5-3-4-6-15(14)18(19,20)21/h3-6,12-13H,7-11H2,1-2H3,(H,22,24). The third-order valence-corrected chi connectivity index (χ3v) is 4.20. The Hall–Kier alpha value is -2.05. The predicted molar refractivity (Wildman–Crippen MR) is 88.0 cm³/mol. The number of carbonyl (C=O) groups excluding carboxylic acids is 2. The predicted octanol–water partition coefficient (Wildman–Crippen LogP) is 3.47. The number of likely N-dealkylation sites (tertiary alicyclic amines) is 1. The highest BCUT2D eigenvalue weighted by atomic mass is 19.4. The molecule has 0 aliphatic carbocycles. The molecule has 1 aromatic carbocycles. The molecule has 0 aromatic heterocycles. The largest absolute Gasteiger partial charge is 0.417 e. The van der Waals surface area contributed by atoms with E-state index in [9.17, 15) is 22.8 Å². The highest BCUT2D eigenvalue weighted by molar-refractivity contribution is 5.96. The third-order valence-electron chi connectivity index (χ3n) is 4.20. The molecule has 4 nitrogen and oxygen atoms in total. The Morgan fingerprint density at radius 3 is 2.36 bits per heavy atom. The molecule has 1 aromatic rings. The number of hydrogen-bond donors (Lipinski definition) is 1. The van der Waals surface area contributed by atoms with Crippen LogP contribution < -0.4 is 5.32 Å². The van der Waals surface area contributed by atoms with Crippen molar-refractivity contribution in [2.45, 2.75) is 45.3 Å². The summed E-state index contributed by atoms with van der Waals surface area (Å²) in [6, 6.07) is 4.80. The van der Waals surface area contributed by atoms with Gasteiger partial charge in [-0.25, -0.2) is 0 Å². The first kappa shape index (κ1) is 19.3. The fourth-order valence-electron chi connectivity index (χ4n) is 2.97. The Morgan fingerprint density at radius 2 is 1.80 bits per heavy atom. The molecular weight excluding hydrogens is 333 g/mol. The van der Waals surface area contributed by atoms with Gasteiger partial charge in [0.1, 0.15) is 0 Å². The average molecular weight is 356 g/mol. The van der Waals surface area contributed by atoms with Crippen molar-refractivity contribution in [1.82, 2.24) is 10.2 Å². The molecule has 2 rings (SSSR count). The summed E-state index contributed by atoms with van der Waals surface area (Å²) in [6.45, 7) is 4.58. The molecule has 0 spiro atoms. The Bertz CT molecular complexity index is 621. The van der Waals surface area contributed by atoms with E-state index in [1.54, 1.807) is 0 Å². The van der Waals surface area contributed by atoms with E-state index in [0.717, 1.165) is 6.07 Å². The highest BCUT2D eigenvalue weighted by Crippen LogP contribution is 2.32. The van der Waals surface area contributed by atoms with E-state index in [1.165, 1.54) is 23.1 Å². The zero-order valence-electron chi connectivity index (χ0n) is 14.4. The van der Waals surface area contributed by atoms with Crippen LogP contribution in [0.1, 0.15) is 49.0 Å². The molecule has 0 unspecified atom stereocenters. The molecule has 0 atom stereocenters. The van der Waals surface area contributed by atoms with Crippen molar-refractivity contribution in [2.75, 3.05) is 13.1 Å². The zero-order valence-corrected chi connectivity index (χ0v) is 14.4. The minimum Gasteiger partial charge on any atom is -0.353 e. The Morgan fingerprint density at radius 1 is 1.20 bits per heavy atom. The summed E-state index contributed by atoms with van der Waals surface area (Å²) in [5.74, 6) is -0.373. The summed E-state index contributed by atoms with van der Waals surface area (Å²) in [4.78, 5) is 25.7. The van der Waals surface area contributed by atoms with E-state index in [1.807, 2.05) is 13.8 Å². The molecule has 1 N–H and O–H groups in total. The number of rotatable bonds is 4. The molecule has 1 fully saturated rings. The summed E-state index contributed by atoms with van der Waals surface area (Å²) in [5.41, 5.74) is -1.23. The first-order valence-electron chi connectivity index (χ1n) is 8.43. The van der Waals surface area contributed by atoms with Crippen LogP contribution in [0.15, 0.2) is 24.3 Å². The van der Waals surface area contributed by atoms with E-state index in [-0.39, 0.29) is 23.4 Å². The summed E-state index contributed by atoms with van der Waals surface area (Å²) >= 11 is 0. The lowest BCUT2D eigenvalue weighted by Crippen LogP contribution is -2.47. The number of hydrogen-bond acceptors (Lipinski definition) is 2. The molecular formula is C18H23F3N2O2. The van der Waals surface area contributed by atoms with Crippen LogP contribution in [0.25, 0.3) is 0 Å². The molecule has 138 valence electrons. The van der Waals surface area contributed by atoms with E-state index in [2.05, 4.69) is 5.32 Å². The SMILES string of the molecule is CC(C)CC(=O)NC1CCN(C(=O)c2ccccc2C(F)(F)F)CC1. The van der Waals surface area contributed by atoms with Crippen LogP contribution in [0.2, 0.25) is 0 Å². The average Bonchev–Trinajstić information content (AvgIpc) is 2.53. The maximum absolute atomic E-state index is 13.1. The highest BCUT2D eigenvalue weighted by Gasteiger charge is 2.36. The van der Waals surface area contributed by atoms with Crippen molar-refractivity contribution in [3.8, 4) is 0 Å². The fourth-order valence-corrected chi connectivity index (χ4v) is 2.97. The van der Waals surface area contributed by atoms with E-state index >= 15 is 0 Å². The number of nitrogens with zero attached hydrogens (tertiary/aromatic N) is 1. The van der Waals surface area contributed by atoms with Crippen LogP contribution in [0.5, 0.6) is 0 Å². The van der Waals surface area contributed by atoms with Crippen LogP contribution in [0.3, 0.4) is 0 Å².